The molecule has 0 bridgehead atoms. The first-order valence-corrected chi connectivity index (χ1v) is 6.53. The molecular formula is C16H12FN3O2. The van der Waals surface area contributed by atoms with Gasteiger partial charge in [-0.25, -0.2) is 10.2 Å². The van der Waals surface area contributed by atoms with Gasteiger partial charge in [0.15, 0.2) is 0 Å². The Morgan fingerprint density at radius 2 is 1.86 bits per heavy atom. The molecule has 0 radical (unpaired) electrons. The molecule has 0 aliphatic carbocycles. The molecular weight excluding hydrogens is 285 g/mol. The fraction of sp³-hybridized carbons (Fsp3) is 0. The highest BCUT2D eigenvalue weighted by molar-refractivity contribution is 6.11. The molecule has 3 N–H and O–H groups in total. The maximum atomic E-state index is 13.3. The summed E-state index contributed by atoms with van der Waals surface area (Å²) in [6.07, 6.45) is 1.40. The zero-order valence-electron chi connectivity index (χ0n) is 11.4. The van der Waals surface area contributed by atoms with Gasteiger partial charge in [0.05, 0.1) is 11.1 Å². The molecule has 3 rings (SSSR count). The minimum absolute atomic E-state index is 0.195. The van der Waals surface area contributed by atoms with Crippen molar-refractivity contribution in [1.29, 1.82) is 0 Å². The number of nitrogens with zero attached hydrogens (tertiary/aromatic N) is 1. The third-order valence-corrected chi connectivity index (χ3v) is 3.38. The molecule has 2 aromatic carbocycles. The van der Waals surface area contributed by atoms with Gasteiger partial charge in [-0.1, -0.05) is 24.3 Å². The number of hydrogen-bond donors (Lipinski definition) is 2. The van der Waals surface area contributed by atoms with E-state index in [4.69, 9.17) is 5.84 Å². The first-order chi connectivity index (χ1) is 10.6. The number of fused-ring (bicyclic) bond motifs is 1. The van der Waals surface area contributed by atoms with Crippen LogP contribution >= 0.6 is 0 Å². The second-order valence-electron chi connectivity index (χ2n) is 4.72. The summed E-state index contributed by atoms with van der Waals surface area (Å²) in [5, 5.41) is 0.593. The molecule has 5 nitrogen and oxygen atoms in total. The highest BCUT2D eigenvalue weighted by Gasteiger charge is 2.18. The van der Waals surface area contributed by atoms with Crippen LogP contribution in [0.2, 0.25) is 0 Å². The third kappa shape index (κ3) is 2.25. The van der Waals surface area contributed by atoms with Crippen molar-refractivity contribution in [1.82, 2.24) is 9.99 Å². The molecule has 3 aromatic rings. The second-order valence-corrected chi connectivity index (χ2v) is 4.72. The first kappa shape index (κ1) is 14.0. The molecule has 1 aromatic heterocycles. The van der Waals surface area contributed by atoms with E-state index in [1.165, 1.54) is 29.0 Å². The van der Waals surface area contributed by atoms with Crippen LogP contribution < -0.4 is 11.3 Å². The van der Waals surface area contributed by atoms with Crippen LogP contribution in [0.15, 0.2) is 54.7 Å². The van der Waals surface area contributed by atoms with Crippen molar-refractivity contribution in [2.45, 2.75) is 0 Å². The van der Waals surface area contributed by atoms with E-state index in [1.54, 1.807) is 24.3 Å². The SMILES string of the molecule is NNC(=O)c1cn(C(=O)c2cccc(F)c2)c2ccccc12. The van der Waals surface area contributed by atoms with Crippen LogP contribution in [-0.2, 0) is 0 Å². The number of hydrogen-bond acceptors (Lipinski definition) is 3. The van der Waals surface area contributed by atoms with Gasteiger partial charge in [0.2, 0.25) is 0 Å². The van der Waals surface area contributed by atoms with Gasteiger partial charge in [-0.15, -0.1) is 0 Å². The number of nitrogens with one attached hydrogen (secondary N) is 1. The molecule has 1 amide bonds. The van der Waals surface area contributed by atoms with Crippen molar-refractivity contribution in [2.24, 2.45) is 5.84 Å². The fourth-order valence-corrected chi connectivity index (χ4v) is 2.37. The minimum atomic E-state index is -0.498. The molecule has 110 valence electrons. The van der Waals surface area contributed by atoms with Crippen LogP contribution in [0.25, 0.3) is 10.9 Å². The molecule has 0 aliphatic heterocycles. The summed E-state index contributed by atoms with van der Waals surface area (Å²) in [7, 11) is 0. The van der Waals surface area contributed by atoms with Crippen molar-refractivity contribution >= 4 is 22.7 Å². The lowest BCUT2D eigenvalue weighted by molar-refractivity contribution is 0.0955. The molecule has 0 atom stereocenters. The molecule has 0 fully saturated rings. The summed E-state index contributed by atoms with van der Waals surface area (Å²) in [6.45, 7) is 0. The third-order valence-electron chi connectivity index (χ3n) is 3.38. The van der Waals surface area contributed by atoms with E-state index >= 15 is 0 Å². The molecule has 0 saturated heterocycles. The Hall–Kier alpha value is -2.99. The minimum Gasteiger partial charge on any atom is -0.290 e. The number of halogens is 1. The van der Waals surface area contributed by atoms with E-state index in [0.29, 0.717) is 10.9 Å². The summed E-state index contributed by atoms with van der Waals surface area (Å²) in [5.74, 6) is 3.75. The van der Waals surface area contributed by atoms with Crippen LogP contribution in [-0.4, -0.2) is 16.4 Å². The lowest BCUT2D eigenvalue weighted by Gasteiger charge is -2.04. The number of carbonyl (C=O) groups is 2. The van der Waals surface area contributed by atoms with E-state index in [0.717, 1.165) is 6.07 Å². The summed E-state index contributed by atoms with van der Waals surface area (Å²) in [4.78, 5) is 24.4. The van der Waals surface area contributed by atoms with Crippen molar-refractivity contribution in [2.75, 3.05) is 0 Å². The average Bonchev–Trinajstić information content (AvgIpc) is 2.93. The number of rotatable bonds is 2. The highest BCUT2D eigenvalue weighted by atomic mass is 19.1. The van der Waals surface area contributed by atoms with Gasteiger partial charge < -0.3 is 0 Å². The van der Waals surface area contributed by atoms with Gasteiger partial charge in [0.1, 0.15) is 5.82 Å². The highest BCUT2D eigenvalue weighted by Crippen LogP contribution is 2.22. The molecule has 0 spiro atoms. The molecule has 22 heavy (non-hydrogen) atoms. The van der Waals surface area contributed by atoms with Crippen molar-refractivity contribution < 1.29 is 14.0 Å². The van der Waals surface area contributed by atoms with Crippen molar-refractivity contribution in [3.05, 3.63) is 71.7 Å². The molecule has 0 aliphatic rings. The monoisotopic (exact) mass is 297 g/mol. The summed E-state index contributed by atoms with van der Waals surface area (Å²) in [5.41, 5.74) is 3.08. The Morgan fingerprint density at radius 3 is 2.59 bits per heavy atom. The van der Waals surface area contributed by atoms with Gasteiger partial charge in [-0.2, -0.15) is 0 Å². The van der Waals surface area contributed by atoms with E-state index < -0.39 is 17.6 Å². The first-order valence-electron chi connectivity index (χ1n) is 6.53. The molecule has 0 unspecified atom stereocenters. The number of nitrogens with two attached hydrogens (primary N) is 1. The normalized spacial score (nSPS) is 10.6. The number of nitrogen functional groups attached to an aromatic ring is 1. The largest absolute Gasteiger partial charge is 0.290 e. The summed E-state index contributed by atoms with van der Waals surface area (Å²) in [6, 6.07) is 12.3. The Bertz CT molecular complexity index is 886. The van der Waals surface area contributed by atoms with Crippen LogP contribution in [0.4, 0.5) is 4.39 Å². The fourth-order valence-electron chi connectivity index (χ4n) is 2.37. The van der Waals surface area contributed by atoms with Crippen molar-refractivity contribution in [3.63, 3.8) is 0 Å². The van der Waals surface area contributed by atoms with Gasteiger partial charge in [-0.05, 0) is 24.3 Å². The molecule has 0 saturated carbocycles. The number of carbonyl (C=O) groups excluding carboxylic acids is 2. The Balaban J connectivity index is 2.19. The summed E-state index contributed by atoms with van der Waals surface area (Å²) >= 11 is 0. The zero-order chi connectivity index (χ0) is 15.7. The number of benzene rings is 2. The maximum absolute atomic E-state index is 13.3. The molecule has 1 heterocycles. The van der Waals surface area contributed by atoms with E-state index in [-0.39, 0.29) is 11.1 Å². The molecule has 6 heteroatoms. The predicted molar refractivity (Wildman–Crippen MR) is 79.7 cm³/mol. The maximum Gasteiger partial charge on any atom is 0.267 e. The topological polar surface area (TPSA) is 77.1 Å². The number of amides is 1. The van der Waals surface area contributed by atoms with Crippen molar-refractivity contribution in [3.8, 4) is 0 Å². The second kappa shape index (κ2) is 5.42. The summed E-state index contributed by atoms with van der Waals surface area (Å²) < 4.78 is 14.6. The number of para-hydroxylation sites is 1. The van der Waals surface area contributed by atoms with Crippen LogP contribution in [0, 0.1) is 5.82 Å². The van der Waals surface area contributed by atoms with Gasteiger partial charge in [-0.3, -0.25) is 19.6 Å². The number of aromatic nitrogens is 1. The van der Waals surface area contributed by atoms with Gasteiger partial charge >= 0.3 is 0 Å². The van der Waals surface area contributed by atoms with Gasteiger partial charge in [0.25, 0.3) is 11.8 Å². The van der Waals surface area contributed by atoms with E-state index in [1.807, 2.05) is 0 Å². The van der Waals surface area contributed by atoms with Crippen LogP contribution in [0.1, 0.15) is 20.7 Å². The average molecular weight is 297 g/mol. The lowest BCUT2D eigenvalue weighted by Crippen LogP contribution is -2.29. The quantitative estimate of drug-likeness (QED) is 0.432. The standard InChI is InChI=1S/C16H12FN3O2/c17-11-5-3-4-10(8-11)16(22)20-9-13(15(21)19-18)12-6-1-2-7-14(12)20/h1-9H,18H2,(H,19,21). The number of hydrazine groups is 1. The van der Waals surface area contributed by atoms with Crippen LogP contribution in [0.5, 0.6) is 0 Å². The lowest BCUT2D eigenvalue weighted by atomic mass is 10.1. The smallest absolute Gasteiger partial charge is 0.267 e. The van der Waals surface area contributed by atoms with Gasteiger partial charge in [0, 0.05) is 17.1 Å². The Kier molecular flexibility index (Phi) is 3.44. The Labute approximate surface area is 125 Å². The Morgan fingerprint density at radius 1 is 1.09 bits per heavy atom. The van der Waals surface area contributed by atoms with E-state index in [9.17, 15) is 14.0 Å². The zero-order valence-corrected chi connectivity index (χ0v) is 11.4. The predicted octanol–water partition coefficient (Wildman–Crippen LogP) is 2.07. The van der Waals surface area contributed by atoms with Crippen LogP contribution in [0.3, 0.4) is 0 Å². The van der Waals surface area contributed by atoms with E-state index in [2.05, 4.69) is 5.43 Å².